The number of amides is 1. The summed E-state index contributed by atoms with van der Waals surface area (Å²) in [6.07, 6.45) is -4.34. The molecule has 0 radical (unpaired) electrons. The molecular formula is C14H14F3NO. The van der Waals surface area contributed by atoms with Crippen molar-refractivity contribution in [2.75, 3.05) is 6.54 Å². The predicted octanol–water partition coefficient (Wildman–Crippen LogP) is 3.08. The van der Waals surface area contributed by atoms with Crippen LogP contribution in [0.5, 0.6) is 0 Å². The van der Waals surface area contributed by atoms with Crippen molar-refractivity contribution in [1.82, 2.24) is 4.90 Å². The molecule has 0 bridgehead atoms. The summed E-state index contributed by atoms with van der Waals surface area (Å²) in [5.41, 5.74) is -0.0555. The fourth-order valence-corrected chi connectivity index (χ4v) is 1.53. The van der Waals surface area contributed by atoms with Crippen LogP contribution in [0.4, 0.5) is 13.2 Å². The Balaban J connectivity index is 2.81. The Morgan fingerprint density at radius 1 is 1.26 bits per heavy atom. The van der Waals surface area contributed by atoms with Gasteiger partial charge in [-0.05, 0) is 37.5 Å². The normalized spacial score (nSPS) is 10.6. The number of halogens is 3. The van der Waals surface area contributed by atoms with E-state index in [0.29, 0.717) is 12.1 Å². The van der Waals surface area contributed by atoms with Crippen LogP contribution in [-0.4, -0.2) is 17.4 Å². The molecule has 1 aromatic carbocycles. The maximum Gasteiger partial charge on any atom is 0.416 e. The molecule has 19 heavy (non-hydrogen) atoms. The highest BCUT2D eigenvalue weighted by atomic mass is 19.4. The topological polar surface area (TPSA) is 20.3 Å². The SMILES string of the molecule is CC#CC(=O)N(CC)Cc1ccc(C(F)(F)F)cc1. The van der Waals surface area contributed by atoms with E-state index in [1.54, 1.807) is 13.8 Å². The molecule has 0 aromatic heterocycles. The maximum atomic E-state index is 12.4. The number of benzene rings is 1. The van der Waals surface area contributed by atoms with Crippen molar-refractivity contribution in [3.05, 3.63) is 35.4 Å². The van der Waals surface area contributed by atoms with Crippen molar-refractivity contribution in [1.29, 1.82) is 0 Å². The molecule has 0 atom stereocenters. The zero-order chi connectivity index (χ0) is 14.5. The molecule has 1 aromatic rings. The third-order valence-electron chi connectivity index (χ3n) is 2.56. The van der Waals surface area contributed by atoms with Gasteiger partial charge in [-0.1, -0.05) is 18.1 Å². The average Bonchev–Trinajstić information content (AvgIpc) is 2.35. The second-order valence-electron chi connectivity index (χ2n) is 3.89. The lowest BCUT2D eigenvalue weighted by molar-refractivity contribution is -0.137. The number of alkyl halides is 3. The van der Waals surface area contributed by atoms with Gasteiger partial charge in [0.05, 0.1) is 5.56 Å². The van der Waals surface area contributed by atoms with E-state index in [0.717, 1.165) is 12.1 Å². The first-order valence-electron chi connectivity index (χ1n) is 5.76. The molecule has 5 heteroatoms. The van der Waals surface area contributed by atoms with Gasteiger partial charge in [0, 0.05) is 13.1 Å². The van der Waals surface area contributed by atoms with Gasteiger partial charge < -0.3 is 4.90 Å². The van der Waals surface area contributed by atoms with Gasteiger partial charge in [-0.2, -0.15) is 13.2 Å². The quantitative estimate of drug-likeness (QED) is 0.772. The molecule has 0 aliphatic carbocycles. The van der Waals surface area contributed by atoms with Gasteiger partial charge in [0.2, 0.25) is 0 Å². The van der Waals surface area contributed by atoms with E-state index in [1.165, 1.54) is 17.0 Å². The number of carbonyl (C=O) groups is 1. The van der Waals surface area contributed by atoms with Crippen molar-refractivity contribution >= 4 is 5.91 Å². The van der Waals surface area contributed by atoms with E-state index < -0.39 is 11.7 Å². The summed E-state index contributed by atoms with van der Waals surface area (Å²) in [7, 11) is 0. The summed E-state index contributed by atoms with van der Waals surface area (Å²) >= 11 is 0. The van der Waals surface area contributed by atoms with Crippen molar-refractivity contribution in [3.63, 3.8) is 0 Å². The van der Waals surface area contributed by atoms with Gasteiger partial charge in [0.15, 0.2) is 0 Å². The summed E-state index contributed by atoms with van der Waals surface area (Å²) in [4.78, 5) is 13.0. The van der Waals surface area contributed by atoms with Crippen LogP contribution in [0.15, 0.2) is 24.3 Å². The molecule has 0 saturated heterocycles. The Bertz CT molecular complexity index is 494. The maximum absolute atomic E-state index is 12.4. The summed E-state index contributed by atoms with van der Waals surface area (Å²) in [5.74, 6) is 4.59. The van der Waals surface area contributed by atoms with Crippen LogP contribution in [0.2, 0.25) is 0 Å². The van der Waals surface area contributed by atoms with E-state index in [2.05, 4.69) is 11.8 Å². The Morgan fingerprint density at radius 3 is 2.26 bits per heavy atom. The van der Waals surface area contributed by atoms with Crippen molar-refractivity contribution in [2.24, 2.45) is 0 Å². The predicted molar refractivity (Wildman–Crippen MR) is 66.0 cm³/mol. The van der Waals surface area contributed by atoms with Crippen LogP contribution in [0.1, 0.15) is 25.0 Å². The van der Waals surface area contributed by atoms with Gasteiger partial charge in [0.1, 0.15) is 0 Å². The Hall–Kier alpha value is -1.96. The Labute approximate surface area is 110 Å². The van der Waals surface area contributed by atoms with Gasteiger partial charge in [0.25, 0.3) is 5.91 Å². The van der Waals surface area contributed by atoms with E-state index in [1.807, 2.05) is 0 Å². The zero-order valence-corrected chi connectivity index (χ0v) is 10.7. The number of hydrogen-bond acceptors (Lipinski definition) is 1. The number of nitrogens with zero attached hydrogens (tertiary/aromatic N) is 1. The molecule has 0 fully saturated rings. The summed E-state index contributed by atoms with van der Waals surface area (Å²) in [5, 5.41) is 0. The largest absolute Gasteiger partial charge is 0.416 e. The fraction of sp³-hybridized carbons (Fsp3) is 0.357. The first-order chi connectivity index (χ1) is 8.88. The minimum absolute atomic E-state index is 0.252. The zero-order valence-electron chi connectivity index (χ0n) is 10.7. The summed E-state index contributed by atoms with van der Waals surface area (Å²) in [6, 6.07) is 4.77. The monoisotopic (exact) mass is 269 g/mol. The fourth-order valence-electron chi connectivity index (χ4n) is 1.53. The lowest BCUT2D eigenvalue weighted by Crippen LogP contribution is -2.29. The highest BCUT2D eigenvalue weighted by Gasteiger charge is 2.29. The van der Waals surface area contributed by atoms with Crippen LogP contribution in [0.3, 0.4) is 0 Å². The van der Waals surface area contributed by atoms with Crippen LogP contribution in [0, 0.1) is 11.8 Å². The second-order valence-corrected chi connectivity index (χ2v) is 3.89. The van der Waals surface area contributed by atoms with E-state index in [9.17, 15) is 18.0 Å². The lowest BCUT2D eigenvalue weighted by atomic mass is 10.1. The molecule has 0 aliphatic heterocycles. The highest BCUT2D eigenvalue weighted by molar-refractivity contribution is 5.93. The molecule has 1 amide bonds. The van der Waals surface area contributed by atoms with Gasteiger partial charge in [-0.3, -0.25) is 4.79 Å². The van der Waals surface area contributed by atoms with Crippen molar-refractivity contribution in [2.45, 2.75) is 26.6 Å². The van der Waals surface area contributed by atoms with Gasteiger partial charge in [-0.15, -0.1) is 0 Å². The lowest BCUT2D eigenvalue weighted by Gasteiger charge is -2.18. The second kappa shape index (κ2) is 6.28. The molecule has 0 spiro atoms. The molecule has 0 heterocycles. The molecule has 2 nitrogen and oxygen atoms in total. The molecule has 1 rings (SSSR count). The molecule has 0 unspecified atom stereocenters. The number of rotatable bonds is 3. The Morgan fingerprint density at radius 2 is 1.84 bits per heavy atom. The molecule has 0 N–H and O–H groups in total. The smallest absolute Gasteiger partial charge is 0.328 e. The average molecular weight is 269 g/mol. The van der Waals surface area contributed by atoms with Crippen LogP contribution in [-0.2, 0) is 17.5 Å². The first kappa shape index (κ1) is 15.1. The Kier molecular flexibility index (Phi) is 4.99. The standard InChI is InChI=1S/C14H14F3NO/c1-3-5-13(19)18(4-2)10-11-6-8-12(9-7-11)14(15,16)17/h6-9H,4,10H2,1-2H3. The van der Waals surface area contributed by atoms with E-state index >= 15 is 0 Å². The van der Waals surface area contributed by atoms with Crippen LogP contribution in [0.25, 0.3) is 0 Å². The van der Waals surface area contributed by atoms with Crippen molar-refractivity contribution in [3.8, 4) is 11.8 Å². The number of hydrogen-bond donors (Lipinski definition) is 0. The first-order valence-corrected chi connectivity index (χ1v) is 5.76. The summed E-state index contributed by atoms with van der Waals surface area (Å²) < 4.78 is 37.2. The van der Waals surface area contributed by atoms with Gasteiger partial charge in [-0.25, -0.2) is 0 Å². The van der Waals surface area contributed by atoms with Gasteiger partial charge >= 0.3 is 6.18 Å². The summed E-state index contributed by atoms with van der Waals surface area (Å²) in [6.45, 7) is 4.06. The molecular weight excluding hydrogens is 255 g/mol. The van der Waals surface area contributed by atoms with E-state index in [4.69, 9.17) is 0 Å². The minimum Gasteiger partial charge on any atom is -0.328 e. The minimum atomic E-state index is -4.34. The van der Waals surface area contributed by atoms with Crippen LogP contribution < -0.4 is 0 Å². The highest BCUT2D eigenvalue weighted by Crippen LogP contribution is 2.29. The third kappa shape index (κ3) is 4.32. The molecule has 0 saturated carbocycles. The number of carbonyl (C=O) groups excluding carboxylic acids is 1. The third-order valence-corrected chi connectivity index (χ3v) is 2.56. The molecule has 0 aliphatic rings. The van der Waals surface area contributed by atoms with E-state index in [-0.39, 0.29) is 12.5 Å². The van der Waals surface area contributed by atoms with Crippen LogP contribution >= 0.6 is 0 Å². The van der Waals surface area contributed by atoms with Crippen molar-refractivity contribution < 1.29 is 18.0 Å². The molecule has 102 valence electrons.